The van der Waals surface area contributed by atoms with E-state index in [1.807, 2.05) is 0 Å². The van der Waals surface area contributed by atoms with Crippen molar-refractivity contribution in [2.24, 2.45) is 0 Å². The van der Waals surface area contributed by atoms with Gasteiger partial charge in [-0.25, -0.2) is 4.39 Å². The zero-order chi connectivity index (χ0) is 12.6. The van der Waals surface area contributed by atoms with E-state index < -0.39 is 11.6 Å². The van der Waals surface area contributed by atoms with Crippen molar-refractivity contribution in [3.05, 3.63) is 22.6 Å². The lowest BCUT2D eigenvalue weighted by Crippen LogP contribution is -1.94. The van der Waals surface area contributed by atoms with Crippen LogP contribution in [0.3, 0.4) is 0 Å². The van der Waals surface area contributed by atoms with Crippen molar-refractivity contribution >= 4 is 21.7 Å². The third kappa shape index (κ3) is 1.82. The maximum atomic E-state index is 14.0. The summed E-state index contributed by atoms with van der Waals surface area (Å²) < 4.78 is 19.2. The molecule has 1 aromatic carbocycles. The van der Waals surface area contributed by atoms with E-state index in [4.69, 9.17) is 10.5 Å². The molecule has 2 aromatic rings. The van der Waals surface area contributed by atoms with Crippen LogP contribution in [0.15, 0.2) is 16.7 Å². The molecule has 0 aliphatic heterocycles. The van der Waals surface area contributed by atoms with Gasteiger partial charge in [-0.05, 0) is 22.0 Å². The Morgan fingerprint density at radius 2 is 2.29 bits per heavy atom. The summed E-state index contributed by atoms with van der Waals surface area (Å²) in [5, 5.41) is 15.8. The van der Waals surface area contributed by atoms with Gasteiger partial charge in [-0.3, -0.25) is 5.10 Å². The number of nitrogen functional groups attached to an aromatic ring is 1. The van der Waals surface area contributed by atoms with E-state index in [2.05, 4.69) is 26.1 Å². The molecule has 0 amide bonds. The van der Waals surface area contributed by atoms with Gasteiger partial charge < -0.3 is 15.6 Å². The van der Waals surface area contributed by atoms with Crippen molar-refractivity contribution in [1.29, 1.82) is 0 Å². The zero-order valence-electron chi connectivity index (χ0n) is 8.79. The molecule has 7 heteroatoms. The number of aromatic nitrogens is 2. The molecule has 0 atom stereocenters. The van der Waals surface area contributed by atoms with E-state index >= 15 is 0 Å². The molecule has 0 saturated carbocycles. The molecule has 5 nitrogen and oxygen atoms in total. The molecule has 90 valence electrons. The first-order chi connectivity index (χ1) is 8.06. The van der Waals surface area contributed by atoms with Gasteiger partial charge in [0, 0.05) is 15.6 Å². The molecule has 0 fully saturated rings. The topological polar surface area (TPSA) is 84.2 Å². The zero-order valence-corrected chi connectivity index (χ0v) is 10.4. The minimum absolute atomic E-state index is 0.0418. The van der Waals surface area contributed by atoms with Crippen molar-refractivity contribution in [3.63, 3.8) is 0 Å². The average Bonchev–Trinajstić information content (AvgIpc) is 2.70. The number of hydrogen-bond donors (Lipinski definition) is 3. The summed E-state index contributed by atoms with van der Waals surface area (Å²) in [6.45, 7) is 0. The summed E-state index contributed by atoms with van der Waals surface area (Å²) >= 11 is 3.20. The van der Waals surface area contributed by atoms with E-state index in [9.17, 15) is 9.50 Å². The molecule has 0 saturated heterocycles. The lowest BCUT2D eigenvalue weighted by molar-refractivity contribution is 0.357. The molecule has 2 rings (SSSR count). The molecule has 17 heavy (non-hydrogen) atoms. The van der Waals surface area contributed by atoms with E-state index in [0.717, 1.165) is 0 Å². The lowest BCUT2D eigenvalue weighted by Gasteiger charge is -2.10. The molecule has 0 unspecified atom stereocenters. The number of phenols is 1. The number of rotatable bonds is 2. The highest BCUT2D eigenvalue weighted by Crippen LogP contribution is 2.42. The third-order valence-corrected chi connectivity index (χ3v) is 2.94. The van der Waals surface area contributed by atoms with Crippen molar-refractivity contribution in [3.8, 4) is 22.6 Å². The highest BCUT2D eigenvalue weighted by Gasteiger charge is 2.20. The first kappa shape index (κ1) is 11.7. The second kappa shape index (κ2) is 4.25. The predicted octanol–water partition coefficient (Wildman–Crippen LogP) is 2.27. The van der Waals surface area contributed by atoms with Gasteiger partial charge >= 0.3 is 0 Å². The smallest absolute Gasteiger partial charge is 0.195 e. The van der Waals surface area contributed by atoms with Crippen LogP contribution in [-0.2, 0) is 0 Å². The first-order valence-corrected chi connectivity index (χ1v) is 5.39. The Morgan fingerprint density at radius 3 is 2.82 bits per heavy atom. The summed E-state index contributed by atoms with van der Waals surface area (Å²) in [7, 11) is 1.34. The minimum Gasteiger partial charge on any atom is -0.502 e. The number of nitrogens with zero attached hydrogens (tertiary/aromatic N) is 1. The monoisotopic (exact) mass is 301 g/mol. The van der Waals surface area contributed by atoms with Crippen LogP contribution >= 0.6 is 15.9 Å². The molecular weight excluding hydrogens is 293 g/mol. The van der Waals surface area contributed by atoms with Gasteiger partial charge in [0.05, 0.1) is 13.3 Å². The molecule has 4 N–H and O–H groups in total. The first-order valence-electron chi connectivity index (χ1n) is 4.60. The van der Waals surface area contributed by atoms with Crippen molar-refractivity contribution < 1.29 is 14.2 Å². The maximum Gasteiger partial charge on any atom is 0.195 e. The van der Waals surface area contributed by atoms with Gasteiger partial charge in [0.1, 0.15) is 5.82 Å². The molecule has 1 heterocycles. The predicted molar refractivity (Wildman–Crippen MR) is 64.3 cm³/mol. The number of anilines is 1. The van der Waals surface area contributed by atoms with Crippen molar-refractivity contribution in [1.82, 2.24) is 10.2 Å². The minimum atomic E-state index is -0.815. The number of benzene rings is 1. The van der Waals surface area contributed by atoms with E-state index in [-0.39, 0.29) is 17.1 Å². The number of hydrogen-bond acceptors (Lipinski definition) is 4. The standard InChI is InChI=1S/C10H9BrFN3O2/c1-17-6-2-5(11)7(8(12)9(6)16)4-3-14-15-10(4)13/h2-3,16H,1H3,(H3,13,14,15). The Bertz CT molecular complexity index is 571. The maximum absolute atomic E-state index is 14.0. The van der Waals surface area contributed by atoms with Crippen LogP contribution in [0.1, 0.15) is 0 Å². The number of aromatic amines is 1. The average molecular weight is 302 g/mol. The van der Waals surface area contributed by atoms with Crippen LogP contribution < -0.4 is 10.5 Å². The summed E-state index contributed by atoms with van der Waals surface area (Å²) in [6, 6.07) is 1.46. The lowest BCUT2D eigenvalue weighted by atomic mass is 10.1. The molecule has 0 radical (unpaired) electrons. The van der Waals surface area contributed by atoms with E-state index in [1.165, 1.54) is 19.4 Å². The third-order valence-electron chi connectivity index (χ3n) is 2.32. The largest absolute Gasteiger partial charge is 0.502 e. The fourth-order valence-corrected chi connectivity index (χ4v) is 2.08. The number of halogens is 2. The van der Waals surface area contributed by atoms with Gasteiger partial charge in [0.15, 0.2) is 17.3 Å². The Balaban J connectivity index is 2.72. The van der Waals surface area contributed by atoms with Gasteiger partial charge in [-0.15, -0.1) is 0 Å². The Kier molecular flexibility index (Phi) is 2.93. The van der Waals surface area contributed by atoms with Crippen LogP contribution in [0.25, 0.3) is 11.1 Å². The second-order valence-corrected chi connectivity index (χ2v) is 4.15. The van der Waals surface area contributed by atoms with Crippen LogP contribution in [0, 0.1) is 5.82 Å². The number of methoxy groups -OCH3 is 1. The molecule has 0 aliphatic rings. The molecular formula is C10H9BrFN3O2. The molecule has 0 bridgehead atoms. The summed E-state index contributed by atoms with van der Waals surface area (Å²) in [5.74, 6) is -1.12. The van der Waals surface area contributed by atoms with E-state index in [0.29, 0.717) is 10.0 Å². The van der Waals surface area contributed by atoms with Gasteiger partial charge in [-0.2, -0.15) is 5.10 Å². The number of nitrogens with two attached hydrogens (primary N) is 1. The summed E-state index contributed by atoms with van der Waals surface area (Å²) in [4.78, 5) is 0. The fraction of sp³-hybridized carbons (Fsp3) is 0.100. The fourth-order valence-electron chi connectivity index (χ4n) is 1.48. The second-order valence-electron chi connectivity index (χ2n) is 3.30. The number of aromatic hydroxyl groups is 1. The van der Waals surface area contributed by atoms with Gasteiger partial charge in [-0.1, -0.05) is 0 Å². The summed E-state index contributed by atoms with van der Waals surface area (Å²) in [6.07, 6.45) is 1.38. The highest BCUT2D eigenvalue weighted by atomic mass is 79.9. The highest BCUT2D eigenvalue weighted by molar-refractivity contribution is 9.10. The van der Waals surface area contributed by atoms with Crippen LogP contribution in [0.2, 0.25) is 0 Å². The number of nitrogens with one attached hydrogen (secondary N) is 1. The quantitative estimate of drug-likeness (QED) is 0.794. The van der Waals surface area contributed by atoms with Crippen molar-refractivity contribution in [2.75, 3.05) is 12.8 Å². The van der Waals surface area contributed by atoms with Crippen LogP contribution in [0.5, 0.6) is 11.5 Å². The van der Waals surface area contributed by atoms with Gasteiger partial charge in [0.25, 0.3) is 0 Å². The molecule has 0 aliphatic carbocycles. The number of H-pyrrole nitrogens is 1. The van der Waals surface area contributed by atoms with Crippen LogP contribution in [0.4, 0.5) is 10.2 Å². The van der Waals surface area contributed by atoms with E-state index in [1.54, 1.807) is 0 Å². The number of phenolic OH excluding ortho intramolecular Hbond substituents is 1. The van der Waals surface area contributed by atoms with Crippen LogP contribution in [-0.4, -0.2) is 22.4 Å². The van der Waals surface area contributed by atoms with Crippen molar-refractivity contribution in [2.45, 2.75) is 0 Å². The number of ether oxygens (including phenoxy) is 1. The Labute approximate surface area is 105 Å². The summed E-state index contributed by atoms with van der Waals surface area (Å²) in [5.41, 5.74) is 6.11. The van der Waals surface area contributed by atoms with Gasteiger partial charge in [0.2, 0.25) is 0 Å². The molecule has 1 aromatic heterocycles. The SMILES string of the molecule is COc1cc(Br)c(-c2cn[nH]c2N)c(F)c1O. The molecule has 0 spiro atoms. The Hall–Kier alpha value is -1.76. The Morgan fingerprint density at radius 1 is 1.59 bits per heavy atom. The normalized spacial score (nSPS) is 10.5.